The molecule has 8 nitrogen and oxygen atoms in total. The molecule has 12 heteroatoms. The van der Waals surface area contributed by atoms with E-state index in [1.165, 1.54) is 30.5 Å². The van der Waals surface area contributed by atoms with Crippen LogP contribution in [0.2, 0.25) is 0 Å². The first kappa shape index (κ1) is 21.4. The van der Waals surface area contributed by atoms with Gasteiger partial charge in [-0.3, -0.25) is 19.5 Å². The van der Waals surface area contributed by atoms with Crippen molar-refractivity contribution in [2.45, 2.75) is 20.4 Å². The van der Waals surface area contributed by atoms with E-state index in [0.29, 0.717) is 20.8 Å². The van der Waals surface area contributed by atoms with Crippen LogP contribution in [0.15, 0.2) is 47.5 Å². The maximum Gasteiger partial charge on any atom is 0.320 e. The van der Waals surface area contributed by atoms with E-state index in [2.05, 4.69) is 20.4 Å². The molecule has 32 heavy (non-hydrogen) atoms. The van der Waals surface area contributed by atoms with Crippen LogP contribution in [0.4, 0.5) is 18.3 Å². The van der Waals surface area contributed by atoms with Crippen molar-refractivity contribution in [3.05, 3.63) is 75.8 Å². The normalized spacial score (nSPS) is 11.2. The highest BCUT2D eigenvalue weighted by Crippen LogP contribution is 2.33. The maximum atomic E-state index is 14.2. The number of nitrogens with zero attached hydrogens (tertiary/aromatic N) is 5. The number of hydrogen-bond donors (Lipinski definition) is 1. The first-order chi connectivity index (χ1) is 15.3. The summed E-state index contributed by atoms with van der Waals surface area (Å²) < 4.78 is 42.4. The molecular weight excluding hydrogens is 445 g/mol. The smallest absolute Gasteiger partial charge is 0.296 e. The van der Waals surface area contributed by atoms with Crippen molar-refractivity contribution in [1.29, 1.82) is 0 Å². The average Bonchev–Trinajstić information content (AvgIpc) is 3.35. The van der Waals surface area contributed by atoms with Gasteiger partial charge < -0.3 is 0 Å². The lowest BCUT2D eigenvalue weighted by Crippen LogP contribution is -2.27. The van der Waals surface area contributed by atoms with Gasteiger partial charge in [-0.25, -0.2) is 19.0 Å². The summed E-state index contributed by atoms with van der Waals surface area (Å²) in [5, 5.41) is 6.56. The molecule has 3 heterocycles. The number of aryl methyl sites for hydroxylation is 2. The Bertz CT molecular complexity index is 1380. The van der Waals surface area contributed by atoms with E-state index in [0.717, 1.165) is 22.2 Å². The number of amides is 1. The van der Waals surface area contributed by atoms with E-state index in [9.17, 15) is 22.8 Å². The zero-order valence-corrected chi connectivity index (χ0v) is 17.5. The quantitative estimate of drug-likeness (QED) is 0.487. The molecule has 0 bridgehead atoms. The van der Waals surface area contributed by atoms with E-state index in [1.807, 2.05) is 0 Å². The monoisotopic (exact) mass is 460 g/mol. The Morgan fingerprint density at radius 2 is 1.97 bits per heavy atom. The number of hydrogen-bond acceptors (Lipinski definition) is 6. The molecule has 0 fully saturated rings. The fraction of sp³-hybridized carbons (Fsp3) is 0.150. The Hall–Kier alpha value is -3.80. The summed E-state index contributed by atoms with van der Waals surface area (Å²) >= 11 is 0.927. The number of carbonyl (C=O) groups excluding carboxylic acids is 1. The van der Waals surface area contributed by atoms with E-state index in [-0.39, 0.29) is 16.6 Å². The third kappa shape index (κ3) is 3.91. The van der Waals surface area contributed by atoms with Gasteiger partial charge in [-0.2, -0.15) is 13.9 Å². The van der Waals surface area contributed by atoms with Crippen LogP contribution >= 0.6 is 11.3 Å². The molecule has 0 aliphatic heterocycles. The highest BCUT2D eigenvalue weighted by molar-refractivity contribution is 7.19. The van der Waals surface area contributed by atoms with Gasteiger partial charge in [-0.05, 0) is 26.0 Å². The number of benzene rings is 1. The van der Waals surface area contributed by atoms with Crippen LogP contribution < -0.4 is 10.7 Å². The van der Waals surface area contributed by atoms with Crippen LogP contribution in [0.1, 0.15) is 28.4 Å². The molecule has 0 aliphatic carbocycles. The second kappa shape index (κ2) is 8.38. The molecule has 0 aliphatic rings. The molecule has 0 unspecified atom stereocenters. The van der Waals surface area contributed by atoms with Crippen LogP contribution in [0.25, 0.3) is 16.4 Å². The number of imidazole rings is 1. The number of alkyl halides is 2. The van der Waals surface area contributed by atoms with Crippen molar-refractivity contribution in [3.8, 4) is 16.4 Å². The number of halogens is 3. The average molecular weight is 460 g/mol. The molecule has 3 aromatic heterocycles. The van der Waals surface area contributed by atoms with Crippen LogP contribution in [0.3, 0.4) is 0 Å². The molecule has 1 N–H and O–H groups in total. The third-order valence-electron chi connectivity index (χ3n) is 4.50. The predicted octanol–water partition coefficient (Wildman–Crippen LogP) is 3.96. The number of anilines is 1. The standard InChI is InChI=1S/C20H15F3N6O2S/c1-10-9-14(30)15(27-29(10)13-6-4-3-5-12(13)21)18(31)26-20-25-11(2)16(32-20)17-24-7-8-28(17)19(22)23/h3-9,19H,1-2H3,(H,25,26,31). The zero-order valence-electron chi connectivity index (χ0n) is 16.7. The van der Waals surface area contributed by atoms with E-state index in [4.69, 9.17) is 0 Å². The van der Waals surface area contributed by atoms with E-state index >= 15 is 0 Å². The summed E-state index contributed by atoms with van der Waals surface area (Å²) in [6.45, 7) is 0.353. The van der Waals surface area contributed by atoms with Gasteiger partial charge in [0, 0.05) is 24.2 Å². The van der Waals surface area contributed by atoms with Gasteiger partial charge in [-0.15, -0.1) is 0 Å². The minimum atomic E-state index is -2.79. The highest BCUT2D eigenvalue weighted by Gasteiger charge is 2.22. The van der Waals surface area contributed by atoms with Crippen molar-refractivity contribution in [2.24, 2.45) is 0 Å². The second-order valence-corrected chi connectivity index (χ2v) is 7.68. The summed E-state index contributed by atoms with van der Waals surface area (Å²) in [5.74, 6) is -1.43. The summed E-state index contributed by atoms with van der Waals surface area (Å²) in [7, 11) is 0. The molecular formula is C20H15F3N6O2S. The minimum absolute atomic E-state index is 0.00543. The fourth-order valence-corrected chi connectivity index (χ4v) is 3.99. The number of para-hydroxylation sites is 1. The molecule has 1 aromatic carbocycles. The summed E-state index contributed by atoms with van der Waals surface area (Å²) in [6.07, 6.45) is 2.37. The molecule has 4 aromatic rings. The molecule has 0 spiro atoms. The van der Waals surface area contributed by atoms with Crippen LogP contribution in [0.5, 0.6) is 0 Å². The Morgan fingerprint density at radius 3 is 2.69 bits per heavy atom. The maximum absolute atomic E-state index is 14.2. The van der Waals surface area contributed by atoms with Crippen LogP contribution in [-0.4, -0.2) is 30.2 Å². The van der Waals surface area contributed by atoms with E-state index < -0.39 is 29.4 Å². The van der Waals surface area contributed by atoms with Crippen LogP contribution in [0, 0.1) is 19.7 Å². The number of nitrogens with one attached hydrogen (secondary N) is 1. The Morgan fingerprint density at radius 1 is 1.22 bits per heavy atom. The molecule has 0 atom stereocenters. The van der Waals surface area contributed by atoms with Gasteiger partial charge in [0.15, 0.2) is 16.6 Å². The van der Waals surface area contributed by atoms with Gasteiger partial charge in [0.1, 0.15) is 11.5 Å². The SMILES string of the molecule is Cc1nc(NC(=O)c2nn(-c3ccccc3F)c(C)cc2=O)sc1-c1nccn1C(F)F. The number of carbonyl (C=O) groups is 1. The molecule has 4 rings (SSSR count). The molecule has 0 radical (unpaired) electrons. The van der Waals surface area contributed by atoms with Crippen molar-refractivity contribution in [2.75, 3.05) is 5.32 Å². The number of aromatic nitrogens is 5. The third-order valence-corrected chi connectivity index (χ3v) is 5.57. The highest BCUT2D eigenvalue weighted by atomic mass is 32.1. The first-order valence-electron chi connectivity index (χ1n) is 9.22. The van der Waals surface area contributed by atoms with Gasteiger partial charge in [-0.1, -0.05) is 23.5 Å². The number of thiazole rings is 1. The summed E-state index contributed by atoms with van der Waals surface area (Å²) in [4.78, 5) is 33.6. The summed E-state index contributed by atoms with van der Waals surface area (Å²) in [5.41, 5.74) is -0.344. The fourth-order valence-electron chi connectivity index (χ4n) is 3.03. The lowest BCUT2D eigenvalue weighted by atomic mass is 10.2. The van der Waals surface area contributed by atoms with Crippen LogP contribution in [-0.2, 0) is 0 Å². The van der Waals surface area contributed by atoms with Crippen molar-refractivity contribution >= 4 is 22.4 Å². The van der Waals surface area contributed by atoms with Gasteiger partial charge in [0.25, 0.3) is 5.91 Å². The van der Waals surface area contributed by atoms with Crippen molar-refractivity contribution in [1.82, 2.24) is 24.3 Å². The Labute approximate surface area is 183 Å². The second-order valence-electron chi connectivity index (χ2n) is 6.69. The van der Waals surface area contributed by atoms with E-state index in [1.54, 1.807) is 19.9 Å². The van der Waals surface area contributed by atoms with Crippen molar-refractivity contribution < 1.29 is 18.0 Å². The molecule has 164 valence electrons. The van der Waals surface area contributed by atoms with Gasteiger partial charge >= 0.3 is 6.55 Å². The molecule has 0 saturated carbocycles. The number of rotatable bonds is 5. The lowest BCUT2D eigenvalue weighted by molar-refractivity contribution is 0.0720. The molecule has 0 saturated heterocycles. The van der Waals surface area contributed by atoms with Gasteiger partial charge in [0.2, 0.25) is 5.43 Å². The van der Waals surface area contributed by atoms with Gasteiger partial charge in [0.05, 0.1) is 10.6 Å². The minimum Gasteiger partial charge on any atom is -0.296 e. The topological polar surface area (TPSA) is 94.7 Å². The largest absolute Gasteiger partial charge is 0.320 e. The first-order valence-corrected chi connectivity index (χ1v) is 10.0. The molecule has 1 amide bonds. The zero-order chi connectivity index (χ0) is 23.0. The van der Waals surface area contributed by atoms with Crippen molar-refractivity contribution in [3.63, 3.8) is 0 Å². The lowest BCUT2D eigenvalue weighted by Gasteiger charge is -2.11. The summed E-state index contributed by atoms with van der Waals surface area (Å²) in [6, 6.07) is 6.97. The Kier molecular flexibility index (Phi) is 5.61. The predicted molar refractivity (Wildman–Crippen MR) is 112 cm³/mol. The Balaban J connectivity index is 1.67.